The van der Waals surface area contributed by atoms with Crippen LogP contribution in [0.25, 0.3) is 0 Å². The highest BCUT2D eigenvalue weighted by molar-refractivity contribution is 5.21. The minimum absolute atomic E-state index is 0.998. The van der Waals surface area contributed by atoms with E-state index in [1.807, 2.05) is 72.9 Å². The molecule has 0 amide bonds. The van der Waals surface area contributed by atoms with E-state index in [0.29, 0.717) is 0 Å². The molecule has 23 heavy (non-hydrogen) atoms. The van der Waals surface area contributed by atoms with Crippen LogP contribution in [0.4, 0.5) is 0 Å². The van der Waals surface area contributed by atoms with Crippen molar-refractivity contribution in [3.8, 4) is 0 Å². The van der Waals surface area contributed by atoms with Crippen LogP contribution in [0.3, 0.4) is 0 Å². The Morgan fingerprint density at radius 3 is 1.26 bits per heavy atom. The second kappa shape index (κ2) is 16.0. The third kappa shape index (κ3) is 19.7. The smallest absolute Gasteiger partial charge is 0.0164 e. The van der Waals surface area contributed by atoms with Gasteiger partial charge in [-0.2, -0.15) is 0 Å². The van der Waals surface area contributed by atoms with E-state index >= 15 is 0 Å². The van der Waals surface area contributed by atoms with Crippen molar-refractivity contribution >= 4 is 0 Å². The molecule has 0 saturated heterocycles. The number of rotatable bonds is 9. The lowest BCUT2D eigenvalue weighted by atomic mass is 10.2. The van der Waals surface area contributed by atoms with E-state index in [9.17, 15) is 0 Å². The van der Waals surface area contributed by atoms with Gasteiger partial charge < -0.3 is 0 Å². The molecule has 0 heterocycles. The Balaban J connectivity index is 3.90. The average Bonchev–Trinajstić information content (AvgIpc) is 2.49. The summed E-state index contributed by atoms with van der Waals surface area (Å²) in [5.41, 5.74) is 2.66. The Bertz CT molecular complexity index is 545. The Morgan fingerprint density at radius 1 is 0.478 bits per heavy atom. The first kappa shape index (κ1) is 20.7. The van der Waals surface area contributed by atoms with Crippen molar-refractivity contribution in [2.45, 2.75) is 34.1 Å². The second-order valence-electron chi connectivity index (χ2n) is 5.50. The zero-order valence-corrected chi connectivity index (χ0v) is 14.9. The molecule has 0 N–H and O–H groups in total. The molecule has 0 aliphatic heterocycles. The van der Waals surface area contributed by atoms with Crippen LogP contribution in [0, 0.1) is 0 Å². The van der Waals surface area contributed by atoms with Gasteiger partial charge in [0.25, 0.3) is 0 Å². The van der Waals surface area contributed by atoms with Gasteiger partial charge in [0.2, 0.25) is 0 Å². The van der Waals surface area contributed by atoms with Gasteiger partial charge in [0.15, 0.2) is 0 Å². The largest absolute Gasteiger partial charge is 0.0821 e. The van der Waals surface area contributed by atoms with Crippen LogP contribution in [-0.4, -0.2) is 0 Å². The molecule has 0 aromatic heterocycles. The van der Waals surface area contributed by atoms with Gasteiger partial charge in [-0.15, -0.1) is 0 Å². The lowest BCUT2D eigenvalue weighted by Crippen LogP contribution is -1.62. The van der Waals surface area contributed by atoms with Crippen LogP contribution < -0.4 is 0 Å². The van der Waals surface area contributed by atoms with Gasteiger partial charge in [0.05, 0.1) is 0 Å². The summed E-state index contributed by atoms with van der Waals surface area (Å²) in [5.74, 6) is 0. The Kier molecular flexibility index (Phi) is 14.4. The van der Waals surface area contributed by atoms with Gasteiger partial charge in [-0.05, 0) is 34.1 Å². The highest BCUT2D eigenvalue weighted by Crippen LogP contribution is 1.94. The van der Waals surface area contributed by atoms with Gasteiger partial charge in [-0.25, -0.2) is 0 Å². The molecule has 0 atom stereocenters. The first-order chi connectivity index (χ1) is 11.1. The molecule has 0 radical (unpaired) electrons. The highest BCUT2D eigenvalue weighted by atomic mass is 13.8. The second-order valence-corrected chi connectivity index (χ2v) is 5.50. The monoisotopic (exact) mass is 306 g/mol. The molecule has 0 saturated carbocycles. The van der Waals surface area contributed by atoms with Gasteiger partial charge in [-0.1, -0.05) is 108 Å². The maximum Gasteiger partial charge on any atom is -0.0164 e. The average molecular weight is 306 g/mol. The van der Waals surface area contributed by atoms with Crippen LogP contribution in [-0.2, 0) is 0 Å². The van der Waals surface area contributed by atoms with E-state index in [-0.39, 0.29) is 0 Å². The normalized spacial score (nSPS) is 13.0. The Hall–Kier alpha value is -2.34. The fourth-order valence-corrected chi connectivity index (χ4v) is 1.41. The van der Waals surface area contributed by atoms with E-state index in [1.165, 1.54) is 11.1 Å². The van der Waals surface area contributed by atoms with Crippen molar-refractivity contribution in [1.29, 1.82) is 0 Å². The Labute approximate surface area is 143 Å². The van der Waals surface area contributed by atoms with Crippen molar-refractivity contribution in [3.05, 3.63) is 108 Å². The lowest BCUT2D eigenvalue weighted by Gasteiger charge is -1.84. The van der Waals surface area contributed by atoms with Crippen molar-refractivity contribution in [2.24, 2.45) is 0 Å². The third-order valence-corrected chi connectivity index (χ3v) is 2.56. The predicted molar refractivity (Wildman–Crippen MR) is 107 cm³/mol. The fraction of sp³-hybridized carbons (Fsp3) is 0.217. The lowest BCUT2D eigenvalue weighted by molar-refractivity contribution is 1.28. The summed E-state index contributed by atoms with van der Waals surface area (Å²) < 4.78 is 0. The van der Waals surface area contributed by atoms with E-state index in [1.54, 1.807) is 0 Å². The maximum atomic E-state index is 2.21. The highest BCUT2D eigenvalue weighted by Gasteiger charge is 1.73. The van der Waals surface area contributed by atoms with Gasteiger partial charge in [0.1, 0.15) is 0 Å². The van der Waals surface area contributed by atoms with E-state index < -0.39 is 0 Å². The van der Waals surface area contributed by atoms with Crippen molar-refractivity contribution in [3.63, 3.8) is 0 Å². The maximum absolute atomic E-state index is 2.21. The summed E-state index contributed by atoms with van der Waals surface area (Å²) in [6.07, 6.45) is 33.8. The fourth-order valence-electron chi connectivity index (χ4n) is 1.41. The molecule has 0 spiro atoms. The minimum Gasteiger partial charge on any atom is -0.0821 e. The molecular weight excluding hydrogens is 276 g/mol. The molecule has 0 rings (SSSR count). The van der Waals surface area contributed by atoms with Gasteiger partial charge in [0, 0.05) is 0 Å². The number of hydrogen-bond acceptors (Lipinski definition) is 0. The van der Waals surface area contributed by atoms with Crippen LogP contribution in [0.1, 0.15) is 34.1 Å². The molecule has 0 heteroatoms. The molecule has 122 valence electrons. The molecule has 0 fully saturated rings. The van der Waals surface area contributed by atoms with Crippen LogP contribution >= 0.6 is 0 Å². The van der Waals surface area contributed by atoms with Crippen molar-refractivity contribution in [1.82, 2.24) is 0 Å². The molecule has 0 aromatic rings. The van der Waals surface area contributed by atoms with E-state index in [0.717, 1.165) is 6.42 Å². The summed E-state index contributed by atoms with van der Waals surface area (Å²) >= 11 is 0. The summed E-state index contributed by atoms with van der Waals surface area (Å²) in [6, 6.07) is 0. The summed E-state index contributed by atoms with van der Waals surface area (Å²) in [4.78, 5) is 0. The van der Waals surface area contributed by atoms with Crippen molar-refractivity contribution in [2.75, 3.05) is 0 Å². The standard InChI is InChI=1S/C23H30/c1-22(2)20-18-16-14-12-10-8-6-5-7-9-11-13-15-17-19-21-23(3)4/h5-18,20-21H,19H2,1-4H3/b6-5+,9-7+,10-8+,13-11+,14-12+,17-15+,18-16+. The molecule has 0 bridgehead atoms. The zero-order valence-electron chi connectivity index (χ0n) is 14.9. The van der Waals surface area contributed by atoms with Crippen LogP contribution in [0.2, 0.25) is 0 Å². The van der Waals surface area contributed by atoms with E-state index in [4.69, 9.17) is 0 Å². The first-order valence-corrected chi connectivity index (χ1v) is 8.06. The SMILES string of the molecule is CC(C)=C/C=C/C=C/C=C/C=C/C=C/C=C/C=C/CC=C(C)C. The Morgan fingerprint density at radius 2 is 0.870 bits per heavy atom. The number of allylic oxidation sites excluding steroid dienone is 18. The van der Waals surface area contributed by atoms with Gasteiger partial charge in [-0.3, -0.25) is 0 Å². The van der Waals surface area contributed by atoms with Gasteiger partial charge >= 0.3 is 0 Å². The summed E-state index contributed by atoms with van der Waals surface area (Å²) in [7, 11) is 0. The molecule has 0 unspecified atom stereocenters. The van der Waals surface area contributed by atoms with E-state index in [2.05, 4.69) is 52.0 Å². The van der Waals surface area contributed by atoms with Crippen LogP contribution in [0.15, 0.2) is 108 Å². The quantitative estimate of drug-likeness (QED) is 0.312. The van der Waals surface area contributed by atoms with Crippen LogP contribution in [0.5, 0.6) is 0 Å². The molecule has 0 aromatic carbocycles. The third-order valence-electron chi connectivity index (χ3n) is 2.56. The first-order valence-electron chi connectivity index (χ1n) is 8.06. The zero-order chi connectivity index (χ0) is 17.2. The predicted octanol–water partition coefficient (Wildman–Crippen LogP) is 7.20. The van der Waals surface area contributed by atoms with Crippen molar-refractivity contribution < 1.29 is 0 Å². The number of hydrogen-bond donors (Lipinski definition) is 0. The molecule has 0 aliphatic carbocycles. The molecule has 0 aliphatic rings. The topological polar surface area (TPSA) is 0 Å². The summed E-state index contributed by atoms with van der Waals surface area (Å²) in [6.45, 7) is 8.40. The molecule has 0 nitrogen and oxygen atoms in total. The molecular formula is C23H30. The minimum atomic E-state index is 0.998. The summed E-state index contributed by atoms with van der Waals surface area (Å²) in [5, 5.41) is 0.